The van der Waals surface area contributed by atoms with Crippen molar-refractivity contribution in [3.05, 3.63) is 61.8 Å². The van der Waals surface area contributed by atoms with Crippen molar-refractivity contribution in [2.45, 2.75) is 6.04 Å². The summed E-state index contributed by atoms with van der Waals surface area (Å²) >= 11 is 15.4. The predicted molar refractivity (Wildman–Crippen MR) is 88.0 cm³/mol. The molecule has 21 heavy (non-hydrogen) atoms. The van der Waals surface area contributed by atoms with Crippen LogP contribution in [0.3, 0.4) is 0 Å². The van der Waals surface area contributed by atoms with E-state index in [0.29, 0.717) is 20.8 Å². The summed E-state index contributed by atoms with van der Waals surface area (Å²) < 4.78 is 20.4. The summed E-state index contributed by atoms with van der Waals surface area (Å²) in [6.07, 6.45) is 0. The Bertz CT molecular complexity index is 666. The molecule has 2 aromatic carbocycles. The van der Waals surface area contributed by atoms with Crippen molar-refractivity contribution in [1.82, 2.24) is 5.32 Å². The lowest BCUT2D eigenvalue weighted by molar-refractivity contribution is 0.402. The molecule has 6 heteroatoms. The molecule has 0 aliphatic carbocycles. The summed E-state index contributed by atoms with van der Waals surface area (Å²) in [6.45, 7) is 0. The number of hydrogen-bond donors (Lipinski definition) is 1. The Morgan fingerprint density at radius 2 is 1.95 bits per heavy atom. The van der Waals surface area contributed by atoms with Gasteiger partial charge in [-0.2, -0.15) is 0 Å². The second-order valence-electron chi connectivity index (χ2n) is 4.37. The second-order valence-corrected chi connectivity index (χ2v) is 6.07. The molecule has 1 unspecified atom stereocenters. The SMILES string of the molecule is CNC(c1cccc(Cl)c1F)c1cc(Cl)cc(Br)c1OC. The van der Waals surface area contributed by atoms with Crippen LogP contribution < -0.4 is 10.1 Å². The molecule has 0 radical (unpaired) electrons. The number of benzene rings is 2. The molecular weight excluding hydrogens is 380 g/mol. The molecule has 0 spiro atoms. The van der Waals surface area contributed by atoms with Crippen LogP contribution >= 0.6 is 39.1 Å². The van der Waals surface area contributed by atoms with Crippen LogP contribution in [-0.2, 0) is 0 Å². The minimum atomic E-state index is -0.461. The minimum Gasteiger partial charge on any atom is -0.495 e. The van der Waals surface area contributed by atoms with E-state index in [1.54, 1.807) is 38.4 Å². The number of methoxy groups -OCH3 is 1. The average Bonchev–Trinajstić information content (AvgIpc) is 2.44. The molecule has 0 aliphatic heterocycles. The molecule has 2 aromatic rings. The number of ether oxygens (including phenoxy) is 1. The molecule has 0 aromatic heterocycles. The van der Waals surface area contributed by atoms with Gasteiger partial charge in [-0.15, -0.1) is 0 Å². The molecule has 112 valence electrons. The Balaban J connectivity index is 2.64. The minimum absolute atomic E-state index is 0.0767. The third-order valence-electron chi connectivity index (χ3n) is 3.13. The van der Waals surface area contributed by atoms with Gasteiger partial charge < -0.3 is 10.1 Å². The fourth-order valence-corrected chi connectivity index (χ4v) is 3.41. The zero-order valence-corrected chi connectivity index (χ0v) is 14.5. The van der Waals surface area contributed by atoms with Crippen molar-refractivity contribution >= 4 is 39.1 Å². The monoisotopic (exact) mass is 391 g/mol. The molecule has 1 atom stereocenters. The summed E-state index contributed by atoms with van der Waals surface area (Å²) in [6, 6.07) is 7.93. The number of rotatable bonds is 4. The van der Waals surface area contributed by atoms with Gasteiger partial charge in [-0.25, -0.2) is 4.39 Å². The van der Waals surface area contributed by atoms with E-state index in [-0.39, 0.29) is 5.02 Å². The van der Waals surface area contributed by atoms with E-state index < -0.39 is 11.9 Å². The molecule has 0 bridgehead atoms. The first-order valence-corrected chi connectivity index (χ1v) is 7.68. The van der Waals surface area contributed by atoms with Gasteiger partial charge in [-0.3, -0.25) is 0 Å². The van der Waals surface area contributed by atoms with E-state index in [4.69, 9.17) is 27.9 Å². The highest BCUT2D eigenvalue weighted by molar-refractivity contribution is 9.10. The maximum Gasteiger partial charge on any atom is 0.146 e. The van der Waals surface area contributed by atoms with Gasteiger partial charge in [0.1, 0.15) is 11.6 Å². The Labute approximate surface area is 141 Å². The molecule has 0 amide bonds. The first kappa shape index (κ1) is 16.6. The van der Waals surface area contributed by atoms with Crippen molar-refractivity contribution in [2.75, 3.05) is 14.2 Å². The molecule has 1 N–H and O–H groups in total. The summed E-state index contributed by atoms with van der Waals surface area (Å²) in [7, 11) is 3.29. The van der Waals surface area contributed by atoms with Gasteiger partial charge in [-0.05, 0) is 41.2 Å². The average molecular weight is 393 g/mol. The molecular formula is C15H13BrCl2FNO. The van der Waals surface area contributed by atoms with E-state index in [9.17, 15) is 4.39 Å². The smallest absolute Gasteiger partial charge is 0.146 e. The Morgan fingerprint density at radius 3 is 2.57 bits per heavy atom. The maximum atomic E-state index is 14.3. The standard InChI is InChI=1S/C15H13BrCl2FNO/c1-20-14(9-4-3-5-12(18)13(9)19)10-6-8(17)7-11(16)15(10)21-2/h3-7,14,20H,1-2H3. The third kappa shape index (κ3) is 3.34. The summed E-state index contributed by atoms with van der Waals surface area (Å²) in [5.74, 6) is 0.134. The lowest BCUT2D eigenvalue weighted by atomic mass is 9.97. The fraction of sp³-hybridized carbons (Fsp3) is 0.200. The van der Waals surface area contributed by atoms with Gasteiger partial charge in [-0.1, -0.05) is 35.3 Å². The third-order valence-corrected chi connectivity index (χ3v) is 4.23. The lowest BCUT2D eigenvalue weighted by Gasteiger charge is -2.22. The highest BCUT2D eigenvalue weighted by Gasteiger charge is 2.23. The van der Waals surface area contributed by atoms with E-state index >= 15 is 0 Å². The van der Waals surface area contributed by atoms with Gasteiger partial charge in [0.05, 0.1) is 22.6 Å². The number of halogens is 4. The molecule has 0 heterocycles. The molecule has 0 fully saturated rings. The van der Waals surface area contributed by atoms with Gasteiger partial charge >= 0.3 is 0 Å². The topological polar surface area (TPSA) is 21.3 Å². The summed E-state index contributed by atoms with van der Waals surface area (Å²) in [5, 5.41) is 3.68. The first-order valence-electron chi connectivity index (χ1n) is 6.13. The zero-order chi connectivity index (χ0) is 15.6. The lowest BCUT2D eigenvalue weighted by Crippen LogP contribution is -2.20. The summed E-state index contributed by atoms with van der Waals surface area (Å²) in [4.78, 5) is 0. The molecule has 0 saturated heterocycles. The van der Waals surface area contributed by atoms with Gasteiger partial charge in [0.15, 0.2) is 0 Å². The van der Waals surface area contributed by atoms with Crippen LogP contribution in [0.2, 0.25) is 10.0 Å². The molecule has 2 rings (SSSR count). The zero-order valence-electron chi connectivity index (χ0n) is 11.4. The van der Waals surface area contributed by atoms with Crippen LogP contribution in [0.15, 0.2) is 34.8 Å². The van der Waals surface area contributed by atoms with E-state index in [0.717, 1.165) is 5.56 Å². The number of hydrogen-bond acceptors (Lipinski definition) is 2. The molecule has 0 saturated carbocycles. The van der Waals surface area contributed by atoms with Crippen LogP contribution in [0.4, 0.5) is 4.39 Å². The predicted octanol–water partition coefficient (Wildman–Crippen LogP) is 5.21. The van der Waals surface area contributed by atoms with Crippen molar-refractivity contribution in [3.8, 4) is 5.75 Å². The van der Waals surface area contributed by atoms with Gasteiger partial charge in [0, 0.05) is 16.1 Å². The Morgan fingerprint density at radius 1 is 1.24 bits per heavy atom. The van der Waals surface area contributed by atoms with E-state index in [1.807, 2.05) is 0 Å². The van der Waals surface area contributed by atoms with Crippen LogP contribution in [-0.4, -0.2) is 14.2 Å². The second kappa shape index (κ2) is 6.97. The van der Waals surface area contributed by atoms with Crippen molar-refractivity contribution in [3.63, 3.8) is 0 Å². The van der Waals surface area contributed by atoms with Crippen LogP contribution in [0.25, 0.3) is 0 Å². The quantitative estimate of drug-likeness (QED) is 0.770. The molecule has 2 nitrogen and oxygen atoms in total. The number of nitrogens with one attached hydrogen (secondary N) is 1. The highest BCUT2D eigenvalue weighted by atomic mass is 79.9. The van der Waals surface area contributed by atoms with Gasteiger partial charge in [0.25, 0.3) is 0 Å². The van der Waals surface area contributed by atoms with Crippen LogP contribution in [0.1, 0.15) is 17.2 Å². The fourth-order valence-electron chi connectivity index (χ4n) is 2.23. The normalized spacial score (nSPS) is 12.3. The van der Waals surface area contributed by atoms with E-state index in [1.165, 1.54) is 6.07 Å². The highest BCUT2D eigenvalue weighted by Crippen LogP contribution is 2.39. The largest absolute Gasteiger partial charge is 0.495 e. The van der Waals surface area contributed by atoms with Gasteiger partial charge in [0.2, 0.25) is 0 Å². The van der Waals surface area contributed by atoms with Crippen molar-refractivity contribution in [2.24, 2.45) is 0 Å². The Hall–Kier alpha value is -0.810. The van der Waals surface area contributed by atoms with Crippen molar-refractivity contribution in [1.29, 1.82) is 0 Å². The van der Waals surface area contributed by atoms with Crippen LogP contribution in [0.5, 0.6) is 5.75 Å². The maximum absolute atomic E-state index is 14.3. The Kier molecular flexibility index (Phi) is 5.49. The summed E-state index contributed by atoms with van der Waals surface area (Å²) in [5.41, 5.74) is 1.15. The first-order chi connectivity index (χ1) is 9.99. The van der Waals surface area contributed by atoms with Crippen LogP contribution in [0, 0.1) is 5.82 Å². The molecule has 0 aliphatic rings. The van der Waals surface area contributed by atoms with E-state index in [2.05, 4.69) is 21.2 Å². The van der Waals surface area contributed by atoms with Crippen molar-refractivity contribution < 1.29 is 9.13 Å².